The molecule has 108 valence electrons. The minimum atomic E-state index is 0.342. The number of rotatable bonds is 5. The van der Waals surface area contributed by atoms with Crippen LogP contribution in [0.3, 0.4) is 0 Å². The van der Waals surface area contributed by atoms with Crippen molar-refractivity contribution in [1.29, 1.82) is 0 Å². The van der Waals surface area contributed by atoms with Gasteiger partial charge in [0.25, 0.3) is 0 Å². The SMILES string of the molecule is CC(C)CC(CN)c1nc(C2CCCCC2)nn1C. The summed E-state index contributed by atoms with van der Waals surface area (Å²) >= 11 is 0. The van der Waals surface area contributed by atoms with Crippen LogP contribution in [0.25, 0.3) is 0 Å². The summed E-state index contributed by atoms with van der Waals surface area (Å²) in [4.78, 5) is 4.83. The molecule has 4 heteroatoms. The minimum absolute atomic E-state index is 0.342. The van der Waals surface area contributed by atoms with Gasteiger partial charge >= 0.3 is 0 Å². The van der Waals surface area contributed by atoms with Crippen LogP contribution in [0.1, 0.15) is 75.9 Å². The summed E-state index contributed by atoms with van der Waals surface area (Å²) in [6, 6.07) is 0. The number of hydrogen-bond acceptors (Lipinski definition) is 3. The molecule has 1 unspecified atom stereocenters. The second kappa shape index (κ2) is 6.51. The molecule has 1 saturated carbocycles. The Morgan fingerprint density at radius 1 is 1.26 bits per heavy atom. The van der Waals surface area contributed by atoms with Gasteiger partial charge in [0.2, 0.25) is 0 Å². The van der Waals surface area contributed by atoms with Crippen molar-refractivity contribution in [2.45, 2.75) is 64.2 Å². The quantitative estimate of drug-likeness (QED) is 0.889. The summed E-state index contributed by atoms with van der Waals surface area (Å²) in [5.74, 6) is 3.69. The first-order valence-electron chi connectivity index (χ1n) is 7.72. The van der Waals surface area contributed by atoms with Crippen molar-refractivity contribution in [3.05, 3.63) is 11.6 Å². The maximum atomic E-state index is 5.93. The lowest BCUT2D eigenvalue weighted by Gasteiger charge is -2.18. The molecule has 1 aliphatic rings. The number of aryl methyl sites for hydroxylation is 1. The molecule has 0 amide bonds. The molecule has 1 aromatic heterocycles. The fraction of sp³-hybridized carbons (Fsp3) is 0.867. The number of aromatic nitrogens is 3. The van der Waals surface area contributed by atoms with Crippen molar-refractivity contribution >= 4 is 0 Å². The third-order valence-electron chi connectivity index (χ3n) is 4.19. The van der Waals surface area contributed by atoms with E-state index in [9.17, 15) is 0 Å². The Hall–Kier alpha value is -0.900. The normalized spacial score (nSPS) is 19.0. The van der Waals surface area contributed by atoms with Gasteiger partial charge < -0.3 is 5.73 Å². The fourth-order valence-corrected chi connectivity index (χ4v) is 3.18. The first-order valence-corrected chi connectivity index (χ1v) is 7.72. The Labute approximate surface area is 116 Å². The van der Waals surface area contributed by atoms with Crippen LogP contribution < -0.4 is 5.73 Å². The lowest BCUT2D eigenvalue weighted by Crippen LogP contribution is -2.18. The smallest absolute Gasteiger partial charge is 0.154 e. The van der Waals surface area contributed by atoms with E-state index in [0.717, 1.165) is 18.1 Å². The molecule has 0 saturated heterocycles. The molecule has 1 atom stereocenters. The van der Waals surface area contributed by atoms with Crippen LogP contribution in [0.15, 0.2) is 0 Å². The molecular weight excluding hydrogens is 236 g/mol. The Morgan fingerprint density at radius 3 is 2.53 bits per heavy atom. The number of nitrogens with zero attached hydrogens (tertiary/aromatic N) is 3. The van der Waals surface area contributed by atoms with Gasteiger partial charge in [-0.15, -0.1) is 0 Å². The molecule has 2 N–H and O–H groups in total. The van der Waals surface area contributed by atoms with E-state index < -0.39 is 0 Å². The highest BCUT2D eigenvalue weighted by Crippen LogP contribution is 2.32. The van der Waals surface area contributed by atoms with Crippen LogP contribution >= 0.6 is 0 Å². The van der Waals surface area contributed by atoms with Crippen molar-refractivity contribution in [2.24, 2.45) is 18.7 Å². The van der Waals surface area contributed by atoms with E-state index in [-0.39, 0.29) is 0 Å². The van der Waals surface area contributed by atoms with Gasteiger partial charge in [-0.2, -0.15) is 5.10 Å². The fourth-order valence-electron chi connectivity index (χ4n) is 3.18. The van der Waals surface area contributed by atoms with Gasteiger partial charge in [0, 0.05) is 25.4 Å². The molecule has 0 aromatic carbocycles. The van der Waals surface area contributed by atoms with E-state index in [2.05, 4.69) is 18.9 Å². The number of hydrogen-bond donors (Lipinski definition) is 1. The van der Waals surface area contributed by atoms with Crippen LogP contribution in [0.4, 0.5) is 0 Å². The predicted molar refractivity (Wildman–Crippen MR) is 78.1 cm³/mol. The summed E-state index contributed by atoms with van der Waals surface area (Å²) in [5, 5.41) is 4.66. The third kappa shape index (κ3) is 3.56. The maximum Gasteiger partial charge on any atom is 0.154 e. The first kappa shape index (κ1) is 14.5. The summed E-state index contributed by atoms with van der Waals surface area (Å²) in [6.45, 7) is 5.14. The zero-order valence-electron chi connectivity index (χ0n) is 12.6. The molecule has 1 aliphatic carbocycles. The van der Waals surface area contributed by atoms with Crippen molar-refractivity contribution in [1.82, 2.24) is 14.8 Å². The maximum absolute atomic E-state index is 5.93. The van der Waals surface area contributed by atoms with Crippen LogP contribution in [0, 0.1) is 5.92 Å². The van der Waals surface area contributed by atoms with Crippen LogP contribution in [0.5, 0.6) is 0 Å². The third-order valence-corrected chi connectivity index (χ3v) is 4.19. The van der Waals surface area contributed by atoms with Crippen LogP contribution in [-0.2, 0) is 7.05 Å². The van der Waals surface area contributed by atoms with Gasteiger partial charge in [0.1, 0.15) is 5.82 Å². The van der Waals surface area contributed by atoms with Crippen LogP contribution in [0.2, 0.25) is 0 Å². The lowest BCUT2D eigenvalue weighted by molar-refractivity contribution is 0.427. The van der Waals surface area contributed by atoms with Gasteiger partial charge in [-0.05, 0) is 25.2 Å². The molecule has 1 fully saturated rings. The summed E-state index contributed by atoms with van der Waals surface area (Å²) in [5.41, 5.74) is 5.93. The van der Waals surface area contributed by atoms with Crippen molar-refractivity contribution < 1.29 is 0 Å². The molecule has 1 aromatic rings. The molecule has 0 aliphatic heterocycles. The first-order chi connectivity index (χ1) is 9.11. The molecule has 0 bridgehead atoms. The molecular formula is C15H28N4. The second-order valence-electron chi connectivity index (χ2n) is 6.35. The van der Waals surface area contributed by atoms with Gasteiger partial charge in [0.05, 0.1) is 0 Å². The largest absolute Gasteiger partial charge is 0.330 e. The van der Waals surface area contributed by atoms with E-state index in [1.165, 1.54) is 32.1 Å². The Morgan fingerprint density at radius 2 is 1.95 bits per heavy atom. The Balaban J connectivity index is 2.14. The highest BCUT2D eigenvalue weighted by Gasteiger charge is 2.24. The molecule has 0 spiro atoms. The molecule has 0 radical (unpaired) electrons. The molecule has 19 heavy (non-hydrogen) atoms. The topological polar surface area (TPSA) is 56.7 Å². The number of nitrogens with two attached hydrogens (primary N) is 1. The van der Waals surface area contributed by atoms with Gasteiger partial charge in [0.15, 0.2) is 5.82 Å². The van der Waals surface area contributed by atoms with E-state index in [0.29, 0.717) is 24.3 Å². The van der Waals surface area contributed by atoms with E-state index in [4.69, 9.17) is 10.7 Å². The highest BCUT2D eigenvalue weighted by atomic mass is 15.3. The van der Waals surface area contributed by atoms with E-state index in [1.54, 1.807) is 0 Å². The molecule has 1 heterocycles. The monoisotopic (exact) mass is 264 g/mol. The lowest BCUT2D eigenvalue weighted by atomic mass is 9.89. The summed E-state index contributed by atoms with van der Waals surface area (Å²) in [6.07, 6.45) is 7.61. The van der Waals surface area contributed by atoms with Crippen molar-refractivity contribution in [2.75, 3.05) is 6.54 Å². The van der Waals surface area contributed by atoms with E-state index >= 15 is 0 Å². The zero-order valence-corrected chi connectivity index (χ0v) is 12.6. The average molecular weight is 264 g/mol. The van der Waals surface area contributed by atoms with Gasteiger partial charge in [-0.3, -0.25) is 4.68 Å². The van der Waals surface area contributed by atoms with Crippen molar-refractivity contribution in [3.8, 4) is 0 Å². The Bertz CT molecular complexity index is 391. The van der Waals surface area contributed by atoms with Gasteiger partial charge in [-0.1, -0.05) is 33.1 Å². The summed E-state index contributed by atoms with van der Waals surface area (Å²) in [7, 11) is 2.01. The highest BCUT2D eigenvalue weighted by molar-refractivity contribution is 5.05. The second-order valence-corrected chi connectivity index (χ2v) is 6.35. The Kier molecular flexibility index (Phi) is 4.97. The predicted octanol–water partition coefficient (Wildman–Crippen LogP) is 2.95. The summed E-state index contributed by atoms with van der Waals surface area (Å²) < 4.78 is 1.96. The van der Waals surface area contributed by atoms with Gasteiger partial charge in [-0.25, -0.2) is 4.98 Å². The average Bonchev–Trinajstić information content (AvgIpc) is 2.79. The minimum Gasteiger partial charge on any atom is -0.330 e. The van der Waals surface area contributed by atoms with Crippen molar-refractivity contribution in [3.63, 3.8) is 0 Å². The standard InChI is InChI=1S/C15H28N4/c1-11(2)9-13(10-16)15-17-14(18-19(15)3)12-7-5-4-6-8-12/h11-13H,4-10,16H2,1-3H3. The van der Waals surface area contributed by atoms with E-state index in [1.807, 2.05) is 11.7 Å². The zero-order chi connectivity index (χ0) is 13.8. The molecule has 4 nitrogen and oxygen atoms in total. The van der Waals surface area contributed by atoms with Crippen LogP contribution in [-0.4, -0.2) is 21.3 Å². The molecule has 2 rings (SSSR count).